The highest BCUT2D eigenvalue weighted by molar-refractivity contribution is 6.32. The lowest BCUT2D eigenvalue weighted by atomic mass is 10.1. The Hall–Kier alpha value is -3.57. The quantitative estimate of drug-likeness (QED) is 0.448. The molecule has 1 heterocycles. The van der Waals surface area contributed by atoms with Crippen LogP contribution in [0.25, 0.3) is 22.7 Å². The molecule has 1 aromatic heterocycles. The standard InChI is InChI=1S/C23H17ClN2O3/c1-28-21-12-9-17(13-19(21)24)22(27)25-18-10-7-16(8-11-18)23-26-20(14-29-23)15-5-3-2-4-6-15/h2-14H,1H3,(H,25,27). The molecule has 5 nitrogen and oxygen atoms in total. The second-order valence-corrected chi connectivity index (χ2v) is 6.69. The van der Waals surface area contributed by atoms with Crippen molar-refractivity contribution < 1.29 is 13.9 Å². The summed E-state index contributed by atoms with van der Waals surface area (Å²) in [6, 6.07) is 22.0. The smallest absolute Gasteiger partial charge is 0.255 e. The molecule has 0 aliphatic carbocycles. The Morgan fingerprint density at radius 3 is 2.45 bits per heavy atom. The number of hydrogen-bond donors (Lipinski definition) is 1. The van der Waals surface area contributed by atoms with Crippen molar-refractivity contribution in [2.75, 3.05) is 12.4 Å². The molecule has 0 unspecified atom stereocenters. The van der Waals surface area contributed by atoms with Gasteiger partial charge in [0.2, 0.25) is 5.89 Å². The first kappa shape index (κ1) is 18.8. The molecule has 0 saturated carbocycles. The van der Waals surface area contributed by atoms with E-state index in [4.69, 9.17) is 20.8 Å². The van der Waals surface area contributed by atoms with Crippen LogP contribution in [0.3, 0.4) is 0 Å². The molecule has 144 valence electrons. The number of halogens is 1. The Bertz CT molecular complexity index is 1140. The molecule has 3 aromatic carbocycles. The number of methoxy groups -OCH3 is 1. The molecule has 0 fully saturated rings. The third-order valence-corrected chi connectivity index (χ3v) is 4.67. The first-order valence-electron chi connectivity index (χ1n) is 8.90. The Balaban J connectivity index is 1.48. The number of rotatable bonds is 5. The number of aromatic nitrogens is 1. The highest BCUT2D eigenvalue weighted by Crippen LogP contribution is 2.27. The second kappa shape index (κ2) is 8.20. The van der Waals surface area contributed by atoms with Crippen molar-refractivity contribution in [1.29, 1.82) is 0 Å². The number of oxazole rings is 1. The molecule has 0 aliphatic rings. The van der Waals surface area contributed by atoms with Crippen molar-refractivity contribution >= 4 is 23.2 Å². The SMILES string of the molecule is COc1ccc(C(=O)Nc2ccc(-c3nc(-c4ccccc4)co3)cc2)cc1Cl. The van der Waals surface area contributed by atoms with Gasteiger partial charge in [-0.1, -0.05) is 41.9 Å². The number of carbonyl (C=O) groups is 1. The van der Waals surface area contributed by atoms with E-state index in [2.05, 4.69) is 10.3 Å². The molecule has 6 heteroatoms. The van der Waals surface area contributed by atoms with Crippen molar-refractivity contribution in [1.82, 2.24) is 4.98 Å². The van der Waals surface area contributed by atoms with E-state index in [1.807, 2.05) is 42.5 Å². The number of ether oxygens (including phenoxy) is 1. The summed E-state index contributed by atoms with van der Waals surface area (Å²) in [4.78, 5) is 17.0. The zero-order chi connectivity index (χ0) is 20.2. The van der Waals surface area contributed by atoms with Gasteiger partial charge < -0.3 is 14.5 Å². The molecule has 0 aliphatic heterocycles. The maximum absolute atomic E-state index is 12.4. The van der Waals surface area contributed by atoms with E-state index in [0.717, 1.165) is 16.8 Å². The molecule has 1 amide bonds. The van der Waals surface area contributed by atoms with Crippen LogP contribution in [-0.2, 0) is 0 Å². The van der Waals surface area contributed by atoms with Crippen molar-refractivity contribution in [2.45, 2.75) is 0 Å². The number of amides is 1. The van der Waals surface area contributed by atoms with Gasteiger partial charge in [0.1, 0.15) is 17.7 Å². The molecular weight excluding hydrogens is 388 g/mol. The maximum Gasteiger partial charge on any atom is 0.255 e. The number of nitrogens with one attached hydrogen (secondary N) is 1. The zero-order valence-corrected chi connectivity index (χ0v) is 16.3. The van der Waals surface area contributed by atoms with Crippen LogP contribution >= 0.6 is 11.6 Å². The van der Waals surface area contributed by atoms with E-state index >= 15 is 0 Å². The lowest BCUT2D eigenvalue weighted by Crippen LogP contribution is -2.11. The summed E-state index contributed by atoms with van der Waals surface area (Å²) in [5.41, 5.74) is 3.68. The van der Waals surface area contributed by atoms with Crippen molar-refractivity contribution in [3.63, 3.8) is 0 Å². The maximum atomic E-state index is 12.4. The topological polar surface area (TPSA) is 64.4 Å². The molecule has 29 heavy (non-hydrogen) atoms. The van der Waals surface area contributed by atoms with Gasteiger partial charge in [-0.05, 0) is 42.5 Å². The minimum absolute atomic E-state index is 0.259. The van der Waals surface area contributed by atoms with Gasteiger partial charge in [-0.25, -0.2) is 4.98 Å². The van der Waals surface area contributed by atoms with Crippen molar-refractivity contribution in [2.24, 2.45) is 0 Å². The summed E-state index contributed by atoms with van der Waals surface area (Å²) in [6.07, 6.45) is 1.63. The van der Waals surface area contributed by atoms with E-state index in [1.165, 1.54) is 7.11 Å². The van der Waals surface area contributed by atoms with Crippen LogP contribution < -0.4 is 10.1 Å². The molecule has 0 saturated heterocycles. The van der Waals surface area contributed by atoms with Gasteiger partial charge in [0.15, 0.2) is 0 Å². The molecule has 4 rings (SSSR count). The van der Waals surface area contributed by atoms with Crippen LogP contribution in [0.5, 0.6) is 5.75 Å². The van der Waals surface area contributed by atoms with E-state index in [0.29, 0.717) is 27.9 Å². The van der Waals surface area contributed by atoms with Gasteiger partial charge in [-0.3, -0.25) is 4.79 Å². The van der Waals surface area contributed by atoms with Crippen LogP contribution in [0.4, 0.5) is 5.69 Å². The molecule has 0 atom stereocenters. The average molecular weight is 405 g/mol. The minimum Gasteiger partial charge on any atom is -0.495 e. The van der Waals surface area contributed by atoms with Crippen LogP contribution in [0.1, 0.15) is 10.4 Å². The summed E-state index contributed by atoms with van der Waals surface area (Å²) in [7, 11) is 1.53. The monoisotopic (exact) mass is 404 g/mol. The molecule has 4 aromatic rings. The van der Waals surface area contributed by atoms with Crippen LogP contribution in [0.15, 0.2) is 83.5 Å². The fraction of sp³-hybridized carbons (Fsp3) is 0.0435. The van der Waals surface area contributed by atoms with Gasteiger partial charge in [0.05, 0.1) is 12.1 Å². The van der Waals surface area contributed by atoms with Gasteiger partial charge in [-0.15, -0.1) is 0 Å². The Kier molecular flexibility index (Phi) is 5.31. The predicted octanol–water partition coefficient (Wildman–Crippen LogP) is 5.92. The lowest BCUT2D eigenvalue weighted by Gasteiger charge is -2.08. The second-order valence-electron chi connectivity index (χ2n) is 6.28. The third-order valence-electron chi connectivity index (χ3n) is 4.38. The summed E-state index contributed by atoms with van der Waals surface area (Å²) in [5, 5.41) is 3.23. The fourth-order valence-electron chi connectivity index (χ4n) is 2.85. The van der Waals surface area contributed by atoms with Crippen LogP contribution in [0, 0.1) is 0 Å². The highest BCUT2D eigenvalue weighted by Gasteiger charge is 2.11. The summed E-state index contributed by atoms with van der Waals surface area (Å²) < 4.78 is 10.7. The molecule has 0 spiro atoms. The predicted molar refractivity (Wildman–Crippen MR) is 113 cm³/mol. The van der Waals surface area contributed by atoms with Gasteiger partial charge in [0.25, 0.3) is 5.91 Å². The van der Waals surface area contributed by atoms with E-state index in [9.17, 15) is 4.79 Å². The summed E-state index contributed by atoms with van der Waals surface area (Å²) in [5.74, 6) is 0.779. The first-order valence-corrected chi connectivity index (χ1v) is 9.28. The average Bonchev–Trinajstić information content (AvgIpc) is 3.25. The summed E-state index contributed by atoms with van der Waals surface area (Å²) in [6.45, 7) is 0. The minimum atomic E-state index is -0.259. The number of anilines is 1. The first-order chi connectivity index (χ1) is 14.1. The van der Waals surface area contributed by atoms with Crippen molar-refractivity contribution in [3.05, 3.63) is 89.6 Å². The van der Waals surface area contributed by atoms with Crippen LogP contribution in [-0.4, -0.2) is 18.0 Å². The zero-order valence-electron chi connectivity index (χ0n) is 15.6. The molecular formula is C23H17ClN2O3. The lowest BCUT2D eigenvalue weighted by molar-refractivity contribution is 0.102. The number of hydrogen-bond acceptors (Lipinski definition) is 4. The largest absolute Gasteiger partial charge is 0.495 e. The van der Waals surface area contributed by atoms with E-state index in [1.54, 1.807) is 36.6 Å². The molecule has 0 radical (unpaired) electrons. The van der Waals surface area contributed by atoms with Crippen molar-refractivity contribution in [3.8, 4) is 28.5 Å². The Labute approximate surface area is 172 Å². The van der Waals surface area contributed by atoms with E-state index < -0.39 is 0 Å². The fourth-order valence-corrected chi connectivity index (χ4v) is 3.11. The van der Waals surface area contributed by atoms with Gasteiger partial charge in [0, 0.05) is 22.4 Å². The number of carbonyl (C=O) groups excluding carboxylic acids is 1. The number of nitrogens with zero attached hydrogens (tertiary/aromatic N) is 1. The normalized spacial score (nSPS) is 10.6. The van der Waals surface area contributed by atoms with Gasteiger partial charge >= 0.3 is 0 Å². The Morgan fingerprint density at radius 1 is 1.00 bits per heavy atom. The molecule has 0 bridgehead atoms. The Morgan fingerprint density at radius 2 is 1.76 bits per heavy atom. The highest BCUT2D eigenvalue weighted by atomic mass is 35.5. The van der Waals surface area contributed by atoms with Gasteiger partial charge in [-0.2, -0.15) is 0 Å². The van der Waals surface area contributed by atoms with E-state index in [-0.39, 0.29) is 5.91 Å². The molecule has 1 N–H and O–H groups in total. The summed E-state index contributed by atoms with van der Waals surface area (Å²) >= 11 is 6.09. The number of benzene rings is 3. The third kappa shape index (κ3) is 4.15. The van der Waals surface area contributed by atoms with Crippen LogP contribution in [0.2, 0.25) is 5.02 Å².